The Hall–Kier alpha value is -0.960. The molecule has 0 spiro atoms. The number of pyridine rings is 1. The van der Waals surface area contributed by atoms with Gasteiger partial charge >= 0.3 is 0 Å². The van der Waals surface area contributed by atoms with Crippen molar-refractivity contribution in [3.8, 4) is 0 Å². The second-order valence-electron chi connectivity index (χ2n) is 3.05. The summed E-state index contributed by atoms with van der Waals surface area (Å²) in [4.78, 5) is 3.69. The summed E-state index contributed by atoms with van der Waals surface area (Å²) in [6.45, 7) is 0. The summed E-state index contributed by atoms with van der Waals surface area (Å²) in [7, 11) is 1.62. The van der Waals surface area contributed by atoms with Crippen LogP contribution in [0.4, 0.5) is 4.39 Å². The average molecular weight is 167 g/mol. The molecular weight excluding hydrogens is 157 g/mol. The van der Waals surface area contributed by atoms with E-state index >= 15 is 0 Å². The highest BCUT2D eigenvalue weighted by Crippen LogP contribution is 2.49. The topological polar surface area (TPSA) is 22.1 Å². The third-order valence-corrected chi connectivity index (χ3v) is 2.36. The van der Waals surface area contributed by atoms with E-state index in [2.05, 4.69) is 4.98 Å². The highest BCUT2D eigenvalue weighted by Gasteiger charge is 2.46. The molecule has 0 unspecified atom stereocenters. The van der Waals surface area contributed by atoms with Gasteiger partial charge in [0.1, 0.15) is 5.82 Å². The first-order valence-electron chi connectivity index (χ1n) is 3.94. The summed E-state index contributed by atoms with van der Waals surface area (Å²) < 4.78 is 18.4. The Morgan fingerprint density at radius 1 is 1.58 bits per heavy atom. The molecule has 1 saturated carbocycles. The van der Waals surface area contributed by atoms with Crippen molar-refractivity contribution in [3.63, 3.8) is 0 Å². The summed E-state index contributed by atoms with van der Waals surface area (Å²) in [5.74, 6) is -0.267. The van der Waals surface area contributed by atoms with Crippen LogP contribution in [0.5, 0.6) is 0 Å². The van der Waals surface area contributed by atoms with Gasteiger partial charge in [-0.25, -0.2) is 4.39 Å². The third-order valence-electron chi connectivity index (χ3n) is 2.36. The Bertz CT molecular complexity index is 296. The Morgan fingerprint density at radius 3 is 2.83 bits per heavy atom. The van der Waals surface area contributed by atoms with Gasteiger partial charge in [0, 0.05) is 18.9 Å². The van der Waals surface area contributed by atoms with Gasteiger partial charge in [-0.2, -0.15) is 0 Å². The lowest BCUT2D eigenvalue weighted by Gasteiger charge is -2.13. The van der Waals surface area contributed by atoms with Crippen LogP contribution < -0.4 is 0 Å². The maximum Gasteiger partial charge on any atom is 0.147 e. The lowest BCUT2D eigenvalue weighted by atomic mass is 10.1. The maximum absolute atomic E-state index is 13.2. The highest BCUT2D eigenvalue weighted by atomic mass is 19.1. The molecule has 1 heterocycles. The lowest BCUT2D eigenvalue weighted by Crippen LogP contribution is -2.11. The molecule has 1 aromatic heterocycles. The Labute approximate surface area is 70.4 Å². The molecule has 0 atom stereocenters. The van der Waals surface area contributed by atoms with Crippen molar-refractivity contribution in [1.82, 2.24) is 4.98 Å². The zero-order valence-corrected chi connectivity index (χ0v) is 6.88. The van der Waals surface area contributed by atoms with Crippen molar-refractivity contribution < 1.29 is 9.13 Å². The predicted octanol–water partition coefficient (Wildman–Crippen LogP) is 1.86. The minimum atomic E-state index is -0.340. The molecule has 3 heteroatoms. The quantitative estimate of drug-likeness (QED) is 0.670. The van der Waals surface area contributed by atoms with Gasteiger partial charge in [-0.05, 0) is 18.9 Å². The van der Waals surface area contributed by atoms with E-state index in [1.54, 1.807) is 19.4 Å². The number of hydrogen-bond acceptors (Lipinski definition) is 2. The molecular formula is C9H10FNO. The Kier molecular flexibility index (Phi) is 1.61. The number of aromatic nitrogens is 1. The van der Waals surface area contributed by atoms with E-state index in [1.807, 2.05) is 0 Å². The summed E-state index contributed by atoms with van der Waals surface area (Å²) in [5.41, 5.74) is 0.299. The van der Waals surface area contributed by atoms with E-state index < -0.39 is 0 Å². The van der Waals surface area contributed by atoms with Gasteiger partial charge in [-0.15, -0.1) is 0 Å². The standard InChI is InChI=1S/C9H10FNO/c1-12-9(3-4-9)7-2-5-11-6-8(7)10/h2,5-6H,3-4H2,1H3. The number of hydrogen-bond donors (Lipinski definition) is 0. The second kappa shape index (κ2) is 2.52. The first kappa shape index (κ1) is 7.68. The van der Waals surface area contributed by atoms with Crippen molar-refractivity contribution in [2.45, 2.75) is 18.4 Å². The van der Waals surface area contributed by atoms with E-state index in [1.165, 1.54) is 6.20 Å². The van der Waals surface area contributed by atoms with Gasteiger partial charge in [0.15, 0.2) is 0 Å². The average Bonchev–Trinajstić information content (AvgIpc) is 2.86. The molecule has 0 bridgehead atoms. The van der Waals surface area contributed by atoms with E-state index in [-0.39, 0.29) is 11.4 Å². The Balaban J connectivity index is 2.40. The first-order chi connectivity index (χ1) is 5.78. The van der Waals surface area contributed by atoms with E-state index in [0.717, 1.165) is 12.8 Å². The van der Waals surface area contributed by atoms with Crippen LogP contribution in [0.1, 0.15) is 18.4 Å². The molecule has 0 aromatic carbocycles. The minimum Gasteiger partial charge on any atom is -0.373 e. The zero-order valence-electron chi connectivity index (χ0n) is 6.88. The summed E-state index contributed by atoms with van der Waals surface area (Å²) in [5, 5.41) is 0. The molecule has 2 nitrogen and oxygen atoms in total. The van der Waals surface area contributed by atoms with Crippen LogP contribution >= 0.6 is 0 Å². The van der Waals surface area contributed by atoms with Crippen LogP contribution in [0.2, 0.25) is 0 Å². The predicted molar refractivity (Wildman–Crippen MR) is 42.1 cm³/mol. The number of ether oxygens (including phenoxy) is 1. The molecule has 0 amide bonds. The fraction of sp³-hybridized carbons (Fsp3) is 0.444. The van der Waals surface area contributed by atoms with Crippen LogP contribution in [0.25, 0.3) is 0 Å². The van der Waals surface area contributed by atoms with Gasteiger partial charge in [0.2, 0.25) is 0 Å². The van der Waals surface area contributed by atoms with Gasteiger partial charge in [0.25, 0.3) is 0 Å². The molecule has 64 valence electrons. The summed E-state index contributed by atoms with van der Waals surface area (Å²) in [6.07, 6.45) is 4.64. The van der Waals surface area contributed by atoms with E-state index in [4.69, 9.17) is 4.74 Å². The van der Waals surface area contributed by atoms with Crippen molar-refractivity contribution in [2.24, 2.45) is 0 Å². The van der Waals surface area contributed by atoms with Gasteiger partial charge < -0.3 is 4.74 Å². The third kappa shape index (κ3) is 1.01. The zero-order chi connectivity index (χ0) is 8.60. The normalized spacial score (nSPS) is 19.2. The van der Waals surface area contributed by atoms with Gasteiger partial charge in [-0.3, -0.25) is 4.98 Å². The van der Waals surface area contributed by atoms with Crippen molar-refractivity contribution in [3.05, 3.63) is 29.8 Å². The number of halogens is 1. The van der Waals surface area contributed by atoms with Crippen LogP contribution in [0.3, 0.4) is 0 Å². The summed E-state index contributed by atoms with van der Waals surface area (Å²) in [6, 6.07) is 1.69. The van der Waals surface area contributed by atoms with Crippen LogP contribution in [0, 0.1) is 5.82 Å². The van der Waals surface area contributed by atoms with Gasteiger partial charge in [0.05, 0.1) is 11.8 Å². The molecule has 0 N–H and O–H groups in total. The second-order valence-corrected chi connectivity index (χ2v) is 3.05. The van der Waals surface area contributed by atoms with Crippen molar-refractivity contribution >= 4 is 0 Å². The first-order valence-corrected chi connectivity index (χ1v) is 3.94. The molecule has 1 aromatic rings. The summed E-state index contributed by atoms with van der Waals surface area (Å²) >= 11 is 0. The number of nitrogens with zero attached hydrogens (tertiary/aromatic N) is 1. The fourth-order valence-corrected chi connectivity index (χ4v) is 1.44. The lowest BCUT2D eigenvalue weighted by molar-refractivity contribution is 0.0755. The molecule has 0 saturated heterocycles. The molecule has 12 heavy (non-hydrogen) atoms. The molecule has 1 aliphatic carbocycles. The minimum absolute atomic E-state index is 0.267. The van der Waals surface area contributed by atoms with E-state index in [9.17, 15) is 4.39 Å². The van der Waals surface area contributed by atoms with Crippen molar-refractivity contribution in [1.29, 1.82) is 0 Å². The highest BCUT2D eigenvalue weighted by molar-refractivity contribution is 5.26. The smallest absolute Gasteiger partial charge is 0.147 e. The molecule has 1 aliphatic rings. The number of methoxy groups -OCH3 is 1. The monoisotopic (exact) mass is 167 g/mol. The number of rotatable bonds is 2. The SMILES string of the molecule is COC1(c2ccncc2F)CC1. The molecule has 2 rings (SSSR count). The van der Waals surface area contributed by atoms with Gasteiger partial charge in [-0.1, -0.05) is 0 Å². The van der Waals surface area contributed by atoms with Crippen LogP contribution in [0.15, 0.2) is 18.5 Å². The van der Waals surface area contributed by atoms with E-state index in [0.29, 0.717) is 5.56 Å². The fourth-order valence-electron chi connectivity index (χ4n) is 1.44. The van der Waals surface area contributed by atoms with Crippen molar-refractivity contribution in [2.75, 3.05) is 7.11 Å². The maximum atomic E-state index is 13.2. The molecule has 0 radical (unpaired) electrons. The Morgan fingerprint density at radius 2 is 2.33 bits per heavy atom. The molecule has 1 fully saturated rings. The molecule has 0 aliphatic heterocycles. The largest absolute Gasteiger partial charge is 0.373 e. The van der Waals surface area contributed by atoms with Crippen LogP contribution in [-0.4, -0.2) is 12.1 Å². The van der Waals surface area contributed by atoms with Crippen LogP contribution in [-0.2, 0) is 10.3 Å².